The van der Waals surface area contributed by atoms with Crippen molar-refractivity contribution >= 4 is 29.1 Å². The summed E-state index contributed by atoms with van der Waals surface area (Å²) in [6.45, 7) is 1.36. The highest BCUT2D eigenvalue weighted by Gasteiger charge is 2.31. The maximum absolute atomic E-state index is 12.5. The van der Waals surface area contributed by atoms with E-state index >= 15 is 0 Å². The van der Waals surface area contributed by atoms with Crippen LogP contribution >= 0.6 is 0 Å². The molecule has 0 aliphatic carbocycles. The fourth-order valence-electron chi connectivity index (χ4n) is 4.24. The van der Waals surface area contributed by atoms with Gasteiger partial charge in [-0.1, -0.05) is 36.4 Å². The third-order valence-electron chi connectivity index (χ3n) is 6.03. The van der Waals surface area contributed by atoms with Gasteiger partial charge in [-0.2, -0.15) is 0 Å². The second kappa shape index (κ2) is 10.8. The second-order valence-electron chi connectivity index (χ2n) is 8.55. The number of rotatable bonds is 7. The van der Waals surface area contributed by atoms with Gasteiger partial charge in [0.05, 0.1) is 37.6 Å². The number of anilines is 3. The number of nitrogens with zero attached hydrogens (tertiary/aromatic N) is 2. The van der Waals surface area contributed by atoms with Crippen molar-refractivity contribution in [2.75, 3.05) is 35.7 Å². The lowest BCUT2D eigenvalue weighted by Crippen LogP contribution is -2.54. The Labute approximate surface area is 214 Å². The molecule has 2 amide bonds. The van der Waals surface area contributed by atoms with Gasteiger partial charge in [0.1, 0.15) is 11.9 Å². The van der Waals surface area contributed by atoms with E-state index in [1.807, 2.05) is 54.6 Å². The van der Waals surface area contributed by atoms with E-state index in [1.54, 1.807) is 42.7 Å². The van der Waals surface area contributed by atoms with E-state index in [4.69, 9.17) is 9.47 Å². The highest BCUT2D eigenvalue weighted by Crippen LogP contribution is 2.37. The van der Waals surface area contributed by atoms with E-state index in [1.165, 1.54) is 7.11 Å². The van der Waals surface area contributed by atoms with Crippen molar-refractivity contribution in [3.8, 4) is 16.9 Å². The van der Waals surface area contributed by atoms with E-state index < -0.39 is 0 Å². The SMILES string of the molecule is COC(=O)c1cccc(N2CC(Oc3ccc(NC(=O)Nc4cccnc4)cc3)C2)c1-c1ccccc1. The van der Waals surface area contributed by atoms with Crippen LogP contribution in [0.4, 0.5) is 21.9 Å². The smallest absolute Gasteiger partial charge is 0.338 e. The maximum atomic E-state index is 12.5. The zero-order valence-electron chi connectivity index (χ0n) is 20.3. The molecule has 37 heavy (non-hydrogen) atoms. The number of carbonyl (C=O) groups excluding carboxylic acids is 2. The molecule has 0 bridgehead atoms. The minimum absolute atomic E-state index is 0.00176. The molecule has 0 radical (unpaired) electrons. The molecule has 8 nitrogen and oxygen atoms in total. The number of ether oxygens (including phenoxy) is 2. The molecule has 1 aliphatic rings. The van der Waals surface area contributed by atoms with Crippen LogP contribution in [0, 0.1) is 0 Å². The summed E-state index contributed by atoms with van der Waals surface area (Å²) in [5.74, 6) is 0.353. The van der Waals surface area contributed by atoms with Crippen LogP contribution in [0.3, 0.4) is 0 Å². The summed E-state index contributed by atoms with van der Waals surface area (Å²) < 4.78 is 11.2. The minimum atomic E-state index is -0.364. The molecular formula is C29H26N4O4. The Morgan fingerprint density at radius 2 is 1.62 bits per heavy atom. The molecule has 0 saturated carbocycles. The summed E-state index contributed by atoms with van der Waals surface area (Å²) in [5.41, 5.74) is 4.57. The van der Waals surface area contributed by atoms with Gasteiger partial charge in [0.25, 0.3) is 0 Å². The van der Waals surface area contributed by atoms with Crippen molar-refractivity contribution in [2.24, 2.45) is 0 Å². The number of methoxy groups -OCH3 is 1. The Balaban J connectivity index is 1.21. The standard InChI is InChI=1S/C29H26N4O4/c1-36-28(34)25-10-5-11-26(27(25)20-7-3-2-4-8-20)33-18-24(19-33)37-23-14-12-21(13-15-23)31-29(35)32-22-9-6-16-30-17-22/h2-17,24H,18-19H2,1H3,(H2,31,32,35). The zero-order valence-corrected chi connectivity index (χ0v) is 20.3. The molecule has 186 valence electrons. The van der Waals surface area contributed by atoms with Crippen molar-refractivity contribution in [3.05, 3.63) is 103 Å². The van der Waals surface area contributed by atoms with E-state index in [0.29, 0.717) is 30.0 Å². The van der Waals surface area contributed by atoms with E-state index in [-0.39, 0.29) is 18.1 Å². The van der Waals surface area contributed by atoms with Gasteiger partial charge in [0, 0.05) is 23.1 Å². The van der Waals surface area contributed by atoms with Crippen LogP contribution in [0.15, 0.2) is 97.3 Å². The Hall–Kier alpha value is -4.85. The number of hydrogen-bond acceptors (Lipinski definition) is 6. The summed E-state index contributed by atoms with van der Waals surface area (Å²) in [6, 6.07) is 25.9. The van der Waals surface area contributed by atoms with Crippen LogP contribution in [0.2, 0.25) is 0 Å². The summed E-state index contributed by atoms with van der Waals surface area (Å²) in [6.07, 6.45) is 3.22. The van der Waals surface area contributed by atoms with Gasteiger partial charge >= 0.3 is 12.0 Å². The first-order valence-electron chi connectivity index (χ1n) is 11.9. The lowest BCUT2D eigenvalue weighted by atomic mass is 9.95. The predicted molar refractivity (Wildman–Crippen MR) is 143 cm³/mol. The predicted octanol–water partition coefficient (Wildman–Crippen LogP) is 5.45. The van der Waals surface area contributed by atoms with E-state index in [0.717, 1.165) is 22.6 Å². The molecule has 2 N–H and O–H groups in total. The zero-order chi connectivity index (χ0) is 25.6. The van der Waals surface area contributed by atoms with Crippen molar-refractivity contribution in [1.29, 1.82) is 0 Å². The second-order valence-corrected chi connectivity index (χ2v) is 8.55. The normalized spacial score (nSPS) is 12.8. The number of urea groups is 1. The first kappa shape index (κ1) is 23.9. The molecule has 8 heteroatoms. The maximum Gasteiger partial charge on any atom is 0.338 e. The van der Waals surface area contributed by atoms with Gasteiger partial charge in [-0.05, 0) is 54.1 Å². The van der Waals surface area contributed by atoms with Crippen LogP contribution in [-0.2, 0) is 4.74 Å². The highest BCUT2D eigenvalue weighted by molar-refractivity contribution is 6.01. The Bertz CT molecular complexity index is 1370. The van der Waals surface area contributed by atoms with Gasteiger partial charge in [0.15, 0.2) is 0 Å². The van der Waals surface area contributed by atoms with Crippen LogP contribution in [0.1, 0.15) is 10.4 Å². The molecule has 0 spiro atoms. The molecule has 3 aromatic carbocycles. The fraction of sp³-hybridized carbons (Fsp3) is 0.138. The summed E-state index contributed by atoms with van der Waals surface area (Å²) in [5, 5.41) is 5.52. The van der Waals surface area contributed by atoms with Crippen molar-refractivity contribution in [2.45, 2.75) is 6.10 Å². The highest BCUT2D eigenvalue weighted by atomic mass is 16.5. The van der Waals surface area contributed by atoms with E-state index in [2.05, 4.69) is 20.5 Å². The lowest BCUT2D eigenvalue weighted by Gasteiger charge is -2.41. The Kier molecular flexibility index (Phi) is 6.98. The number of amides is 2. The Morgan fingerprint density at radius 1 is 0.865 bits per heavy atom. The van der Waals surface area contributed by atoms with Gasteiger partial charge in [0.2, 0.25) is 0 Å². The molecule has 2 heterocycles. The average Bonchev–Trinajstić information content (AvgIpc) is 2.91. The van der Waals surface area contributed by atoms with Crippen LogP contribution in [-0.4, -0.2) is 43.3 Å². The molecule has 1 saturated heterocycles. The van der Waals surface area contributed by atoms with Gasteiger partial charge in [-0.3, -0.25) is 4.98 Å². The van der Waals surface area contributed by atoms with Gasteiger partial charge in [-0.15, -0.1) is 0 Å². The van der Waals surface area contributed by atoms with Crippen LogP contribution < -0.4 is 20.3 Å². The minimum Gasteiger partial charge on any atom is -0.487 e. The molecule has 0 unspecified atom stereocenters. The van der Waals surface area contributed by atoms with Gasteiger partial charge < -0.3 is 25.0 Å². The summed E-state index contributed by atoms with van der Waals surface area (Å²) in [7, 11) is 1.39. The molecule has 1 aromatic heterocycles. The molecule has 0 atom stereocenters. The third kappa shape index (κ3) is 5.54. The van der Waals surface area contributed by atoms with Crippen LogP contribution in [0.5, 0.6) is 5.75 Å². The lowest BCUT2D eigenvalue weighted by molar-refractivity contribution is 0.0601. The molecule has 4 aromatic rings. The number of carbonyl (C=O) groups is 2. The van der Waals surface area contributed by atoms with E-state index in [9.17, 15) is 9.59 Å². The number of benzene rings is 3. The van der Waals surface area contributed by atoms with Gasteiger partial charge in [-0.25, -0.2) is 9.59 Å². The Morgan fingerprint density at radius 3 is 2.32 bits per heavy atom. The summed E-state index contributed by atoms with van der Waals surface area (Å²) in [4.78, 5) is 30.8. The first-order valence-corrected chi connectivity index (χ1v) is 11.9. The average molecular weight is 495 g/mol. The number of esters is 1. The number of hydrogen-bond donors (Lipinski definition) is 2. The monoisotopic (exact) mass is 494 g/mol. The quantitative estimate of drug-likeness (QED) is 0.332. The fourth-order valence-corrected chi connectivity index (χ4v) is 4.24. The third-order valence-corrected chi connectivity index (χ3v) is 6.03. The molecule has 5 rings (SSSR count). The first-order chi connectivity index (χ1) is 18.1. The van der Waals surface area contributed by atoms with Crippen molar-refractivity contribution in [3.63, 3.8) is 0 Å². The number of nitrogens with one attached hydrogen (secondary N) is 2. The topological polar surface area (TPSA) is 92.8 Å². The molecule has 1 fully saturated rings. The van der Waals surface area contributed by atoms with Crippen molar-refractivity contribution < 1.29 is 19.1 Å². The molecule has 1 aliphatic heterocycles. The molecular weight excluding hydrogens is 468 g/mol. The number of pyridine rings is 1. The van der Waals surface area contributed by atoms with Crippen molar-refractivity contribution in [1.82, 2.24) is 4.98 Å². The largest absolute Gasteiger partial charge is 0.487 e. The number of aromatic nitrogens is 1. The summed E-state index contributed by atoms with van der Waals surface area (Å²) >= 11 is 0. The van der Waals surface area contributed by atoms with Crippen LogP contribution in [0.25, 0.3) is 11.1 Å².